The number of ether oxygens (including phenoxy) is 2. The van der Waals surface area contributed by atoms with Crippen LogP contribution in [0.1, 0.15) is 24.1 Å². The van der Waals surface area contributed by atoms with Gasteiger partial charge in [0, 0.05) is 25.7 Å². The van der Waals surface area contributed by atoms with Crippen LogP contribution in [0.25, 0.3) is 0 Å². The Morgan fingerprint density at radius 1 is 1.23 bits per heavy atom. The van der Waals surface area contributed by atoms with Crippen LogP contribution in [0.15, 0.2) is 48.7 Å². The number of nitrogens with zero attached hydrogens (tertiary/aromatic N) is 3. The van der Waals surface area contributed by atoms with Gasteiger partial charge in [0.1, 0.15) is 5.75 Å². The fourth-order valence-electron chi connectivity index (χ4n) is 5.08. The number of para-hydroxylation sites is 1. The number of pyridine rings is 1. The number of hydrogen-bond donors (Lipinski definition) is 0. The van der Waals surface area contributed by atoms with Gasteiger partial charge >= 0.3 is 0 Å². The minimum atomic E-state index is -0.369. The van der Waals surface area contributed by atoms with Crippen LogP contribution in [0.5, 0.6) is 5.75 Å². The summed E-state index contributed by atoms with van der Waals surface area (Å²) in [5.74, 6) is 1.50. The number of carbonyl (C=O) groups excluding carboxylic acids is 1. The van der Waals surface area contributed by atoms with Crippen LogP contribution in [-0.2, 0) is 22.6 Å². The summed E-state index contributed by atoms with van der Waals surface area (Å²) in [5.41, 5.74) is 2.18. The van der Waals surface area contributed by atoms with Gasteiger partial charge in [-0.05, 0) is 56.1 Å². The first kappa shape index (κ1) is 19.5. The van der Waals surface area contributed by atoms with E-state index in [1.54, 1.807) is 6.20 Å². The predicted octanol–water partition coefficient (Wildman–Crippen LogP) is 2.52. The van der Waals surface area contributed by atoms with Gasteiger partial charge in [0.2, 0.25) is 0 Å². The zero-order valence-corrected chi connectivity index (χ0v) is 17.5. The molecule has 1 amide bonds. The van der Waals surface area contributed by atoms with Gasteiger partial charge in [-0.1, -0.05) is 24.3 Å². The van der Waals surface area contributed by atoms with Crippen molar-refractivity contribution in [2.75, 3.05) is 33.3 Å². The summed E-state index contributed by atoms with van der Waals surface area (Å²) in [7, 11) is 2.19. The Bertz CT molecular complexity index is 873. The summed E-state index contributed by atoms with van der Waals surface area (Å²) < 4.78 is 11.9. The molecule has 0 saturated carbocycles. The molecule has 0 radical (unpaired) electrons. The lowest BCUT2D eigenvalue weighted by Gasteiger charge is -2.58. The number of likely N-dealkylation sites (tertiary alicyclic amines) is 2. The minimum absolute atomic E-state index is 0.0817. The Balaban J connectivity index is 1.13. The zero-order valence-electron chi connectivity index (χ0n) is 17.5. The number of benzene rings is 1. The Morgan fingerprint density at radius 3 is 2.87 bits per heavy atom. The van der Waals surface area contributed by atoms with E-state index in [0.29, 0.717) is 18.9 Å². The van der Waals surface area contributed by atoms with E-state index in [4.69, 9.17) is 9.47 Å². The lowest BCUT2D eigenvalue weighted by atomic mass is 9.75. The second kappa shape index (κ2) is 8.00. The van der Waals surface area contributed by atoms with Crippen molar-refractivity contribution in [1.29, 1.82) is 0 Å². The second-order valence-electron chi connectivity index (χ2n) is 8.95. The molecule has 5 rings (SSSR count). The maximum atomic E-state index is 13.0. The van der Waals surface area contributed by atoms with Gasteiger partial charge in [-0.25, -0.2) is 0 Å². The van der Waals surface area contributed by atoms with E-state index in [-0.39, 0.29) is 17.6 Å². The first-order valence-corrected chi connectivity index (χ1v) is 10.9. The molecular formula is C24H29N3O3. The molecule has 3 aliphatic rings. The van der Waals surface area contributed by atoms with Crippen LogP contribution in [0.3, 0.4) is 0 Å². The first-order chi connectivity index (χ1) is 14.6. The van der Waals surface area contributed by atoms with Gasteiger partial charge in [-0.15, -0.1) is 0 Å². The molecule has 30 heavy (non-hydrogen) atoms. The normalized spacial score (nSPS) is 24.9. The second-order valence-corrected chi connectivity index (χ2v) is 8.95. The van der Waals surface area contributed by atoms with Crippen molar-refractivity contribution in [3.05, 3.63) is 59.9 Å². The highest BCUT2D eigenvalue weighted by Crippen LogP contribution is 2.39. The molecule has 3 aliphatic heterocycles. The molecule has 6 nitrogen and oxygen atoms in total. The number of rotatable bonds is 5. The highest BCUT2D eigenvalue weighted by Gasteiger charge is 2.52. The monoisotopic (exact) mass is 407 g/mol. The van der Waals surface area contributed by atoms with Gasteiger partial charge in [-0.3, -0.25) is 14.7 Å². The predicted molar refractivity (Wildman–Crippen MR) is 113 cm³/mol. The van der Waals surface area contributed by atoms with Crippen molar-refractivity contribution in [3.63, 3.8) is 0 Å². The van der Waals surface area contributed by atoms with E-state index >= 15 is 0 Å². The van der Waals surface area contributed by atoms with Crippen molar-refractivity contribution >= 4 is 5.91 Å². The van der Waals surface area contributed by atoms with Crippen molar-refractivity contribution in [2.45, 2.75) is 37.5 Å². The minimum Gasteiger partial charge on any atom is -0.480 e. The molecule has 158 valence electrons. The summed E-state index contributed by atoms with van der Waals surface area (Å²) in [6, 6.07) is 13.9. The number of aromatic nitrogens is 1. The van der Waals surface area contributed by atoms with E-state index in [2.05, 4.69) is 16.9 Å². The molecule has 2 aromatic rings. The standard InChI is InChI=1S/C24H29N3O3/c1-26-11-9-18(14-29-15-20-7-4-5-10-25-20)13-24(26)16-27(17-24)23(28)22-12-19-6-2-3-8-21(19)30-22/h2-8,10,18,22H,9,11-17H2,1H3/t18-,22+/m0/s1. The summed E-state index contributed by atoms with van der Waals surface area (Å²) in [4.78, 5) is 21.7. The maximum Gasteiger partial charge on any atom is 0.264 e. The lowest BCUT2D eigenvalue weighted by molar-refractivity contribution is -0.157. The van der Waals surface area contributed by atoms with Crippen molar-refractivity contribution in [2.24, 2.45) is 5.92 Å². The van der Waals surface area contributed by atoms with Crippen LogP contribution in [0.2, 0.25) is 0 Å². The Labute approximate surface area is 177 Å². The van der Waals surface area contributed by atoms with Gasteiger partial charge < -0.3 is 14.4 Å². The maximum absolute atomic E-state index is 13.0. The molecule has 6 heteroatoms. The molecule has 0 aliphatic carbocycles. The molecule has 1 aromatic carbocycles. The van der Waals surface area contributed by atoms with E-state index in [9.17, 15) is 4.79 Å². The fourth-order valence-corrected chi connectivity index (χ4v) is 5.08. The topological polar surface area (TPSA) is 54.9 Å². The fraction of sp³-hybridized carbons (Fsp3) is 0.500. The Kier molecular flexibility index (Phi) is 5.21. The molecule has 0 N–H and O–H groups in total. The SMILES string of the molecule is CN1CC[C@H](COCc2ccccn2)CC12CN(C(=O)[C@H]1Cc3ccccc3O1)C2. The van der Waals surface area contributed by atoms with Crippen molar-refractivity contribution in [3.8, 4) is 5.75 Å². The molecule has 1 aromatic heterocycles. The molecule has 0 unspecified atom stereocenters. The Morgan fingerprint density at radius 2 is 2.07 bits per heavy atom. The number of amides is 1. The lowest BCUT2D eigenvalue weighted by Crippen LogP contribution is -2.73. The van der Waals surface area contributed by atoms with E-state index in [1.807, 2.05) is 47.4 Å². The quantitative estimate of drug-likeness (QED) is 0.762. The average molecular weight is 408 g/mol. The van der Waals surface area contributed by atoms with Gasteiger partial charge in [0.15, 0.2) is 6.10 Å². The summed E-state index contributed by atoms with van der Waals surface area (Å²) in [6.45, 7) is 3.93. The average Bonchev–Trinajstić information content (AvgIpc) is 3.18. The summed E-state index contributed by atoms with van der Waals surface area (Å²) in [6.07, 6.45) is 4.32. The highest BCUT2D eigenvalue weighted by molar-refractivity contribution is 5.83. The van der Waals surface area contributed by atoms with Crippen LogP contribution in [0.4, 0.5) is 0 Å². The molecule has 1 spiro atoms. The summed E-state index contributed by atoms with van der Waals surface area (Å²) in [5, 5.41) is 0. The zero-order chi connectivity index (χ0) is 20.6. The van der Waals surface area contributed by atoms with E-state index in [1.165, 1.54) is 0 Å². The first-order valence-electron chi connectivity index (χ1n) is 10.9. The van der Waals surface area contributed by atoms with Crippen LogP contribution >= 0.6 is 0 Å². The number of carbonyl (C=O) groups is 1. The summed E-state index contributed by atoms with van der Waals surface area (Å²) >= 11 is 0. The largest absolute Gasteiger partial charge is 0.480 e. The van der Waals surface area contributed by atoms with E-state index < -0.39 is 0 Å². The Hall–Kier alpha value is -2.44. The van der Waals surface area contributed by atoms with Gasteiger partial charge in [-0.2, -0.15) is 0 Å². The molecule has 2 fully saturated rings. The van der Waals surface area contributed by atoms with E-state index in [0.717, 1.165) is 56.1 Å². The third-order valence-electron chi connectivity index (χ3n) is 6.89. The number of likely N-dealkylation sites (N-methyl/N-ethyl adjacent to an activating group) is 1. The highest BCUT2D eigenvalue weighted by atomic mass is 16.5. The van der Waals surface area contributed by atoms with Crippen LogP contribution in [0, 0.1) is 5.92 Å². The number of fused-ring (bicyclic) bond motifs is 1. The van der Waals surface area contributed by atoms with Gasteiger partial charge in [0.25, 0.3) is 5.91 Å². The third kappa shape index (κ3) is 3.70. The molecule has 2 saturated heterocycles. The number of hydrogen-bond acceptors (Lipinski definition) is 5. The van der Waals surface area contributed by atoms with Crippen molar-refractivity contribution < 1.29 is 14.3 Å². The molecule has 4 heterocycles. The van der Waals surface area contributed by atoms with Gasteiger partial charge in [0.05, 0.1) is 24.4 Å². The van der Waals surface area contributed by atoms with Crippen molar-refractivity contribution in [1.82, 2.24) is 14.8 Å². The number of piperidine rings is 1. The smallest absolute Gasteiger partial charge is 0.264 e. The molecule has 2 atom stereocenters. The van der Waals surface area contributed by atoms with Crippen LogP contribution in [-0.4, -0.2) is 65.6 Å². The van der Waals surface area contributed by atoms with Crippen LogP contribution < -0.4 is 4.74 Å². The molecular weight excluding hydrogens is 378 g/mol. The third-order valence-corrected chi connectivity index (χ3v) is 6.89. The molecule has 0 bridgehead atoms.